The fourth-order valence-electron chi connectivity index (χ4n) is 4.55. The molecule has 2 saturated heterocycles. The Morgan fingerprint density at radius 3 is 2.45 bits per heavy atom. The fraction of sp³-hybridized carbons (Fsp3) is 0.565. The number of nitrogens with zero attached hydrogens (tertiary/aromatic N) is 2. The largest absolute Gasteiger partial charge is 0.386 e. The number of aliphatic hydroxyl groups is 1. The standard InChI is InChI=1S/C23H32N2O4S2/c1-23(2,26)19-5-7-20(8-6-19)25-12-11-24(31(27,28)22-4-3-15-30-22)17-21(25)16-18-9-13-29-14-10-18/h3-8,15,18,21,26H,9-14,16-17H2,1-2H3/t21-/m1/s1. The summed E-state index contributed by atoms with van der Waals surface area (Å²) in [5.41, 5.74) is 1.07. The molecule has 0 spiro atoms. The third-order valence-corrected chi connectivity index (χ3v) is 9.62. The lowest BCUT2D eigenvalue weighted by Crippen LogP contribution is -2.55. The maximum Gasteiger partial charge on any atom is 0.252 e. The molecule has 1 atom stereocenters. The minimum Gasteiger partial charge on any atom is -0.386 e. The third kappa shape index (κ3) is 5.14. The van der Waals surface area contributed by atoms with Crippen LogP contribution in [0.5, 0.6) is 0 Å². The Kier molecular flexibility index (Phi) is 6.74. The second kappa shape index (κ2) is 9.19. The zero-order valence-electron chi connectivity index (χ0n) is 18.2. The van der Waals surface area contributed by atoms with Crippen LogP contribution < -0.4 is 4.90 Å². The first-order valence-electron chi connectivity index (χ1n) is 11.0. The van der Waals surface area contributed by atoms with E-state index in [1.165, 1.54) is 11.3 Å². The maximum absolute atomic E-state index is 13.2. The number of thiophene rings is 1. The van der Waals surface area contributed by atoms with Crippen LogP contribution in [0.4, 0.5) is 5.69 Å². The molecule has 4 rings (SSSR count). The van der Waals surface area contributed by atoms with Crippen molar-refractivity contribution in [3.05, 3.63) is 47.3 Å². The molecule has 2 aliphatic rings. The van der Waals surface area contributed by atoms with Crippen molar-refractivity contribution < 1.29 is 18.3 Å². The smallest absolute Gasteiger partial charge is 0.252 e. The van der Waals surface area contributed by atoms with Gasteiger partial charge in [0.15, 0.2) is 0 Å². The molecule has 2 fully saturated rings. The van der Waals surface area contributed by atoms with E-state index in [4.69, 9.17) is 4.74 Å². The van der Waals surface area contributed by atoms with Crippen LogP contribution in [0.1, 0.15) is 38.7 Å². The molecule has 0 aliphatic carbocycles. The van der Waals surface area contributed by atoms with Crippen molar-refractivity contribution in [3.63, 3.8) is 0 Å². The summed E-state index contributed by atoms with van der Waals surface area (Å²) in [6, 6.07) is 11.6. The zero-order valence-corrected chi connectivity index (χ0v) is 19.9. The quantitative estimate of drug-likeness (QED) is 0.706. The van der Waals surface area contributed by atoms with Gasteiger partial charge in [0.1, 0.15) is 4.21 Å². The predicted octanol–water partition coefficient (Wildman–Crippen LogP) is 3.67. The van der Waals surface area contributed by atoms with Crippen molar-refractivity contribution in [2.24, 2.45) is 5.92 Å². The highest BCUT2D eigenvalue weighted by molar-refractivity contribution is 7.91. The Morgan fingerprint density at radius 2 is 1.84 bits per heavy atom. The molecule has 6 nitrogen and oxygen atoms in total. The monoisotopic (exact) mass is 464 g/mol. The lowest BCUT2D eigenvalue weighted by Gasteiger charge is -2.43. The number of anilines is 1. The summed E-state index contributed by atoms with van der Waals surface area (Å²) >= 11 is 1.28. The number of ether oxygens (including phenoxy) is 1. The molecule has 0 radical (unpaired) electrons. The summed E-state index contributed by atoms with van der Waals surface area (Å²) in [6.07, 6.45) is 3.01. The van der Waals surface area contributed by atoms with Crippen molar-refractivity contribution in [1.82, 2.24) is 4.31 Å². The number of hydrogen-bond donors (Lipinski definition) is 1. The SMILES string of the molecule is CC(C)(O)c1ccc(N2CCN(S(=O)(=O)c3cccs3)C[C@H]2CC2CCOCC2)cc1. The van der Waals surface area contributed by atoms with Gasteiger partial charge in [-0.1, -0.05) is 18.2 Å². The highest BCUT2D eigenvalue weighted by Gasteiger charge is 2.36. The van der Waals surface area contributed by atoms with E-state index in [9.17, 15) is 13.5 Å². The Hall–Kier alpha value is -1.45. The first-order chi connectivity index (χ1) is 14.7. The van der Waals surface area contributed by atoms with Crippen LogP contribution in [0.15, 0.2) is 46.0 Å². The van der Waals surface area contributed by atoms with Gasteiger partial charge in [-0.05, 0) is 68.2 Å². The molecule has 170 valence electrons. The molecule has 0 saturated carbocycles. The Balaban J connectivity index is 1.57. The van der Waals surface area contributed by atoms with Gasteiger partial charge in [-0.2, -0.15) is 4.31 Å². The lowest BCUT2D eigenvalue weighted by atomic mass is 9.90. The van der Waals surface area contributed by atoms with Crippen LogP contribution >= 0.6 is 11.3 Å². The predicted molar refractivity (Wildman–Crippen MR) is 124 cm³/mol. The number of benzene rings is 1. The van der Waals surface area contributed by atoms with Gasteiger partial charge in [0.2, 0.25) is 0 Å². The summed E-state index contributed by atoms with van der Waals surface area (Å²) in [7, 11) is -3.46. The highest BCUT2D eigenvalue weighted by Crippen LogP contribution is 2.32. The van der Waals surface area contributed by atoms with E-state index >= 15 is 0 Å². The summed E-state index contributed by atoms with van der Waals surface area (Å²) in [4.78, 5) is 2.35. The maximum atomic E-state index is 13.2. The van der Waals surface area contributed by atoms with Crippen molar-refractivity contribution in [1.29, 1.82) is 0 Å². The molecule has 1 aromatic heterocycles. The van der Waals surface area contributed by atoms with Crippen molar-refractivity contribution in [2.45, 2.75) is 49.0 Å². The van der Waals surface area contributed by atoms with Gasteiger partial charge >= 0.3 is 0 Å². The minimum absolute atomic E-state index is 0.111. The molecule has 31 heavy (non-hydrogen) atoms. The van der Waals surface area contributed by atoms with Crippen molar-refractivity contribution >= 4 is 27.0 Å². The zero-order chi connectivity index (χ0) is 22.1. The van der Waals surface area contributed by atoms with Gasteiger partial charge < -0.3 is 14.7 Å². The van der Waals surface area contributed by atoms with Gasteiger partial charge in [0.05, 0.1) is 5.60 Å². The first-order valence-corrected chi connectivity index (χ1v) is 13.3. The number of hydrogen-bond acceptors (Lipinski definition) is 6. The van der Waals surface area contributed by atoms with Crippen LogP contribution in [-0.2, 0) is 20.4 Å². The molecule has 0 amide bonds. The van der Waals surface area contributed by atoms with E-state index in [0.717, 1.165) is 43.7 Å². The summed E-state index contributed by atoms with van der Waals surface area (Å²) in [6.45, 7) is 6.75. The lowest BCUT2D eigenvalue weighted by molar-refractivity contribution is 0.0601. The molecule has 3 heterocycles. The topological polar surface area (TPSA) is 70.1 Å². The number of sulfonamides is 1. The van der Waals surface area contributed by atoms with Gasteiger partial charge in [-0.3, -0.25) is 0 Å². The highest BCUT2D eigenvalue weighted by atomic mass is 32.2. The average molecular weight is 465 g/mol. The van der Waals surface area contributed by atoms with Gasteiger partial charge in [0, 0.05) is 44.6 Å². The van der Waals surface area contributed by atoms with Crippen LogP contribution in [-0.4, -0.2) is 56.7 Å². The third-order valence-electron chi connectivity index (χ3n) is 6.39. The molecule has 1 aromatic carbocycles. The Morgan fingerprint density at radius 1 is 1.13 bits per heavy atom. The van der Waals surface area contributed by atoms with E-state index in [1.807, 2.05) is 29.6 Å². The molecular weight excluding hydrogens is 432 g/mol. The normalized spacial score (nSPS) is 22.0. The molecule has 0 unspecified atom stereocenters. The summed E-state index contributed by atoms with van der Waals surface area (Å²) < 4.78 is 33.9. The molecule has 2 aromatic rings. The Labute approximate surface area is 189 Å². The second-order valence-electron chi connectivity index (χ2n) is 9.04. The first kappa shape index (κ1) is 22.7. The second-order valence-corrected chi connectivity index (χ2v) is 12.2. The van der Waals surface area contributed by atoms with Crippen molar-refractivity contribution in [3.8, 4) is 0 Å². The van der Waals surface area contributed by atoms with Crippen LogP contribution in [0.3, 0.4) is 0 Å². The van der Waals surface area contributed by atoms with E-state index in [0.29, 0.717) is 29.8 Å². The molecular formula is C23H32N2O4S2. The summed E-state index contributed by atoms with van der Waals surface area (Å²) in [5.74, 6) is 0.543. The van der Waals surface area contributed by atoms with Gasteiger partial charge in [-0.15, -0.1) is 11.3 Å². The van der Waals surface area contributed by atoms with Gasteiger partial charge in [-0.25, -0.2) is 8.42 Å². The minimum atomic E-state index is -3.46. The van der Waals surface area contributed by atoms with E-state index in [1.54, 1.807) is 30.3 Å². The van der Waals surface area contributed by atoms with E-state index < -0.39 is 15.6 Å². The molecule has 0 bridgehead atoms. The number of piperazine rings is 1. The van der Waals surface area contributed by atoms with Gasteiger partial charge in [0.25, 0.3) is 10.0 Å². The molecule has 8 heteroatoms. The molecule has 1 N–H and O–H groups in total. The van der Waals surface area contributed by atoms with Crippen molar-refractivity contribution in [2.75, 3.05) is 37.7 Å². The summed E-state index contributed by atoms with van der Waals surface area (Å²) in [5, 5.41) is 12.1. The van der Waals surface area contributed by atoms with Crippen LogP contribution in [0, 0.1) is 5.92 Å². The number of rotatable bonds is 6. The van der Waals surface area contributed by atoms with Crippen LogP contribution in [0.2, 0.25) is 0 Å². The van der Waals surface area contributed by atoms with E-state index in [2.05, 4.69) is 4.90 Å². The van der Waals surface area contributed by atoms with Crippen LogP contribution in [0.25, 0.3) is 0 Å². The average Bonchev–Trinajstić information content (AvgIpc) is 3.30. The fourth-order valence-corrected chi connectivity index (χ4v) is 7.16. The molecule has 2 aliphatic heterocycles. The Bertz CT molecular complexity index is 946. The van der Waals surface area contributed by atoms with E-state index in [-0.39, 0.29) is 6.04 Å².